The van der Waals surface area contributed by atoms with Crippen LogP contribution in [0.3, 0.4) is 0 Å². The molecule has 1 aromatic rings. The molecule has 0 bridgehead atoms. The first-order valence-electron chi connectivity index (χ1n) is 5.29. The van der Waals surface area contributed by atoms with Gasteiger partial charge in [0, 0.05) is 12.2 Å². The van der Waals surface area contributed by atoms with E-state index in [-0.39, 0.29) is 5.25 Å². The van der Waals surface area contributed by atoms with Crippen molar-refractivity contribution in [2.45, 2.75) is 30.2 Å². The Morgan fingerprint density at radius 2 is 2.38 bits per heavy atom. The minimum atomic E-state index is -1.16. The Kier molecular flexibility index (Phi) is 3.89. The van der Waals surface area contributed by atoms with E-state index in [1.54, 1.807) is 6.07 Å². The summed E-state index contributed by atoms with van der Waals surface area (Å²) in [5.41, 5.74) is 0.757. The van der Waals surface area contributed by atoms with Crippen molar-refractivity contribution in [2.24, 2.45) is 0 Å². The number of hydrogen-bond acceptors (Lipinski definition) is 4. The lowest BCUT2D eigenvalue weighted by Gasteiger charge is -2.21. The van der Waals surface area contributed by atoms with Crippen molar-refractivity contribution in [1.82, 2.24) is 15.3 Å². The van der Waals surface area contributed by atoms with E-state index >= 15 is 0 Å². The number of aryl methyl sites for hydroxylation is 1. The van der Waals surface area contributed by atoms with Crippen molar-refractivity contribution in [3.8, 4) is 0 Å². The molecule has 0 unspecified atom stereocenters. The van der Waals surface area contributed by atoms with Gasteiger partial charge in [0.05, 0.1) is 16.0 Å². The van der Waals surface area contributed by atoms with E-state index in [4.69, 9.17) is 11.6 Å². The van der Waals surface area contributed by atoms with Crippen LogP contribution in [0.25, 0.3) is 0 Å². The highest BCUT2D eigenvalue weighted by molar-refractivity contribution is 7.85. The molecule has 0 aromatic carbocycles. The van der Waals surface area contributed by atoms with Crippen molar-refractivity contribution in [2.75, 3.05) is 13.1 Å². The van der Waals surface area contributed by atoms with E-state index in [0.29, 0.717) is 10.3 Å². The van der Waals surface area contributed by atoms with E-state index in [1.165, 1.54) is 0 Å². The molecule has 0 amide bonds. The third kappa shape index (κ3) is 2.78. The van der Waals surface area contributed by atoms with Gasteiger partial charge in [-0.2, -0.15) is 0 Å². The molecule has 0 aliphatic carbocycles. The molecule has 1 aliphatic heterocycles. The van der Waals surface area contributed by atoms with Gasteiger partial charge in [0.1, 0.15) is 5.15 Å². The number of hydrogen-bond donors (Lipinski definition) is 1. The van der Waals surface area contributed by atoms with E-state index in [9.17, 15) is 4.21 Å². The lowest BCUT2D eigenvalue weighted by molar-refractivity contribution is 0.517. The first-order valence-corrected chi connectivity index (χ1v) is 6.88. The highest BCUT2D eigenvalue weighted by atomic mass is 35.5. The van der Waals surface area contributed by atoms with Crippen molar-refractivity contribution in [1.29, 1.82) is 0 Å². The van der Waals surface area contributed by atoms with Crippen LogP contribution in [0.5, 0.6) is 0 Å². The highest BCUT2D eigenvalue weighted by Crippen LogP contribution is 2.16. The number of aromatic nitrogens is 2. The maximum Gasteiger partial charge on any atom is 0.220 e. The fourth-order valence-electron chi connectivity index (χ4n) is 1.75. The van der Waals surface area contributed by atoms with Crippen LogP contribution in [0, 0.1) is 6.92 Å². The molecular weight excluding hydrogens is 246 g/mol. The fourth-order valence-corrected chi connectivity index (χ4v) is 3.40. The van der Waals surface area contributed by atoms with Crippen LogP contribution in [0.2, 0.25) is 5.15 Å². The summed E-state index contributed by atoms with van der Waals surface area (Å²) >= 11 is 5.83. The van der Waals surface area contributed by atoms with Crippen molar-refractivity contribution < 1.29 is 4.21 Å². The van der Waals surface area contributed by atoms with Crippen LogP contribution in [-0.4, -0.2) is 32.5 Å². The number of rotatable bonds is 2. The molecule has 1 aromatic heterocycles. The Bertz CT molecular complexity index is 387. The maximum absolute atomic E-state index is 12.2. The van der Waals surface area contributed by atoms with E-state index < -0.39 is 10.8 Å². The molecule has 2 atom stereocenters. The zero-order chi connectivity index (χ0) is 11.5. The van der Waals surface area contributed by atoms with Crippen LogP contribution in [0.1, 0.15) is 18.5 Å². The van der Waals surface area contributed by atoms with Gasteiger partial charge in [-0.3, -0.25) is 4.21 Å². The maximum atomic E-state index is 12.2. The molecular formula is C10H14ClN3OS. The largest absolute Gasteiger partial charge is 0.316 e. The smallest absolute Gasteiger partial charge is 0.220 e. The molecule has 0 saturated carbocycles. The summed E-state index contributed by atoms with van der Waals surface area (Å²) in [6, 6.07) is 1.67. The van der Waals surface area contributed by atoms with Gasteiger partial charge >= 0.3 is 0 Å². The molecule has 88 valence electrons. The quantitative estimate of drug-likeness (QED) is 0.643. The van der Waals surface area contributed by atoms with Gasteiger partial charge in [0.2, 0.25) is 5.16 Å². The topological polar surface area (TPSA) is 54.9 Å². The van der Waals surface area contributed by atoms with Crippen molar-refractivity contribution in [3.05, 3.63) is 16.9 Å². The molecule has 6 heteroatoms. The van der Waals surface area contributed by atoms with Gasteiger partial charge in [0.25, 0.3) is 0 Å². The van der Waals surface area contributed by atoms with E-state index in [2.05, 4.69) is 15.3 Å². The van der Waals surface area contributed by atoms with E-state index in [1.807, 2.05) is 6.92 Å². The summed E-state index contributed by atoms with van der Waals surface area (Å²) in [4.78, 5) is 8.22. The SMILES string of the molecule is Cc1cc(Cl)nc([S@@](=O)[C@H]2CCCNC2)n1. The molecule has 1 N–H and O–H groups in total. The molecule has 1 saturated heterocycles. The number of nitrogens with zero attached hydrogens (tertiary/aromatic N) is 2. The molecule has 4 nitrogen and oxygen atoms in total. The third-order valence-corrected chi connectivity index (χ3v) is 4.28. The van der Waals surface area contributed by atoms with Gasteiger partial charge in [-0.15, -0.1) is 0 Å². The Labute approximate surface area is 102 Å². The molecule has 0 spiro atoms. The second kappa shape index (κ2) is 5.21. The standard InChI is InChI=1S/C10H14ClN3OS/c1-7-5-9(11)14-10(13-7)16(15)8-3-2-4-12-6-8/h5,8,12H,2-4,6H2,1H3/t8-,16-/m0/s1. The van der Waals surface area contributed by atoms with Gasteiger partial charge in [-0.05, 0) is 32.4 Å². The minimum Gasteiger partial charge on any atom is -0.316 e. The Balaban J connectivity index is 2.19. The van der Waals surface area contributed by atoms with Crippen LogP contribution >= 0.6 is 11.6 Å². The molecule has 0 radical (unpaired) electrons. The fraction of sp³-hybridized carbons (Fsp3) is 0.600. The molecule has 2 heterocycles. The lowest BCUT2D eigenvalue weighted by atomic mass is 10.2. The van der Waals surface area contributed by atoms with Crippen LogP contribution in [0.4, 0.5) is 0 Å². The summed E-state index contributed by atoms with van der Waals surface area (Å²) in [6.07, 6.45) is 2.00. The molecule has 1 fully saturated rings. The summed E-state index contributed by atoms with van der Waals surface area (Å²) < 4.78 is 12.2. The summed E-state index contributed by atoms with van der Waals surface area (Å²) in [5.74, 6) is 0. The van der Waals surface area contributed by atoms with Gasteiger partial charge < -0.3 is 5.32 Å². The van der Waals surface area contributed by atoms with Crippen LogP contribution < -0.4 is 5.32 Å². The third-order valence-electron chi connectivity index (χ3n) is 2.54. The van der Waals surface area contributed by atoms with Gasteiger partial charge in [-0.1, -0.05) is 11.6 Å². The second-order valence-corrected chi connectivity index (χ2v) is 5.89. The van der Waals surface area contributed by atoms with Crippen LogP contribution in [-0.2, 0) is 10.8 Å². The van der Waals surface area contributed by atoms with Crippen molar-refractivity contribution in [3.63, 3.8) is 0 Å². The molecule has 2 rings (SSSR count). The average molecular weight is 260 g/mol. The first kappa shape index (κ1) is 12.0. The Morgan fingerprint density at radius 3 is 3.00 bits per heavy atom. The summed E-state index contributed by atoms with van der Waals surface area (Å²) in [5, 5.41) is 4.06. The average Bonchev–Trinajstić information content (AvgIpc) is 2.28. The van der Waals surface area contributed by atoms with Gasteiger partial charge in [0.15, 0.2) is 0 Å². The molecule has 16 heavy (non-hydrogen) atoms. The predicted octanol–water partition coefficient (Wildman–Crippen LogP) is 1.30. The van der Waals surface area contributed by atoms with Crippen LogP contribution in [0.15, 0.2) is 11.2 Å². The highest BCUT2D eigenvalue weighted by Gasteiger charge is 2.23. The number of halogens is 1. The zero-order valence-electron chi connectivity index (χ0n) is 9.07. The Morgan fingerprint density at radius 1 is 1.56 bits per heavy atom. The van der Waals surface area contributed by atoms with Gasteiger partial charge in [-0.25, -0.2) is 9.97 Å². The minimum absolute atomic E-state index is 0.103. The molecule has 1 aliphatic rings. The lowest BCUT2D eigenvalue weighted by Crippen LogP contribution is -2.36. The predicted molar refractivity (Wildman–Crippen MR) is 64.1 cm³/mol. The second-order valence-electron chi connectivity index (χ2n) is 3.88. The normalized spacial score (nSPS) is 23.0. The van der Waals surface area contributed by atoms with E-state index in [0.717, 1.165) is 31.6 Å². The summed E-state index contributed by atoms with van der Waals surface area (Å²) in [7, 11) is -1.16. The zero-order valence-corrected chi connectivity index (χ0v) is 10.6. The number of piperidine rings is 1. The monoisotopic (exact) mass is 259 g/mol. The number of nitrogens with one attached hydrogen (secondary N) is 1. The Hall–Kier alpha value is -0.520. The summed E-state index contributed by atoms with van der Waals surface area (Å²) in [6.45, 7) is 3.60. The first-order chi connectivity index (χ1) is 7.66. The van der Waals surface area contributed by atoms with Crippen molar-refractivity contribution >= 4 is 22.4 Å².